The quantitative estimate of drug-likeness (QED) is 0.539. The van der Waals surface area contributed by atoms with Gasteiger partial charge < -0.3 is 9.30 Å². The average molecular weight is 195 g/mol. The molecule has 0 aliphatic heterocycles. The molecular formula is C10H13NO3. The largest absolute Gasteiger partial charge is 0.467 e. The van der Waals surface area contributed by atoms with Crippen molar-refractivity contribution in [1.29, 1.82) is 0 Å². The molecule has 0 saturated heterocycles. The molecule has 76 valence electrons. The molecule has 0 amide bonds. The Morgan fingerprint density at radius 1 is 1.71 bits per heavy atom. The molecule has 14 heavy (non-hydrogen) atoms. The van der Waals surface area contributed by atoms with E-state index in [1.807, 2.05) is 6.92 Å². The number of nitrogens with zero attached hydrogens (tertiary/aromatic N) is 1. The standard InChI is InChI=1S/C10H13NO3/c1-3-9(10(13)14-2)11-6-4-5-8(11)7-12/h4-7,9H,3H2,1-2H3. The van der Waals surface area contributed by atoms with E-state index >= 15 is 0 Å². The SMILES string of the molecule is CCC(C(=O)OC)n1cccc1C=O. The number of methoxy groups -OCH3 is 1. The molecule has 1 aromatic rings. The molecule has 0 aromatic carbocycles. The lowest BCUT2D eigenvalue weighted by Gasteiger charge is -2.15. The van der Waals surface area contributed by atoms with E-state index in [9.17, 15) is 9.59 Å². The van der Waals surface area contributed by atoms with Gasteiger partial charge in [-0.3, -0.25) is 4.79 Å². The molecule has 0 spiro atoms. The van der Waals surface area contributed by atoms with Gasteiger partial charge in [-0.2, -0.15) is 0 Å². The Kier molecular flexibility index (Phi) is 3.45. The maximum atomic E-state index is 11.4. The van der Waals surface area contributed by atoms with Crippen LogP contribution in [-0.2, 0) is 9.53 Å². The fraction of sp³-hybridized carbons (Fsp3) is 0.400. The molecule has 0 aliphatic rings. The second kappa shape index (κ2) is 4.60. The van der Waals surface area contributed by atoms with Gasteiger partial charge in [0.25, 0.3) is 0 Å². The number of ether oxygens (including phenoxy) is 1. The number of carbonyl (C=O) groups is 2. The van der Waals surface area contributed by atoms with Crippen molar-refractivity contribution in [2.45, 2.75) is 19.4 Å². The number of aromatic nitrogens is 1. The number of hydrogen-bond donors (Lipinski definition) is 0. The maximum Gasteiger partial charge on any atom is 0.328 e. The molecule has 4 nitrogen and oxygen atoms in total. The zero-order chi connectivity index (χ0) is 10.6. The van der Waals surface area contributed by atoms with Crippen LogP contribution in [0.3, 0.4) is 0 Å². The van der Waals surface area contributed by atoms with Crippen LogP contribution < -0.4 is 0 Å². The fourth-order valence-electron chi connectivity index (χ4n) is 1.40. The molecule has 0 bridgehead atoms. The summed E-state index contributed by atoms with van der Waals surface area (Å²) < 4.78 is 6.27. The highest BCUT2D eigenvalue weighted by Crippen LogP contribution is 2.15. The Bertz CT molecular complexity index is 330. The lowest BCUT2D eigenvalue weighted by Crippen LogP contribution is -2.21. The van der Waals surface area contributed by atoms with Crippen LogP contribution in [0.25, 0.3) is 0 Å². The summed E-state index contributed by atoms with van der Waals surface area (Å²) in [4.78, 5) is 22.0. The summed E-state index contributed by atoms with van der Waals surface area (Å²) in [5.74, 6) is -0.327. The summed E-state index contributed by atoms with van der Waals surface area (Å²) in [6, 6.07) is 2.99. The molecule has 0 radical (unpaired) electrons. The van der Waals surface area contributed by atoms with Gasteiger partial charge in [0.1, 0.15) is 6.04 Å². The number of esters is 1. The van der Waals surface area contributed by atoms with Gasteiger partial charge in [-0.15, -0.1) is 0 Å². The highest BCUT2D eigenvalue weighted by molar-refractivity contribution is 5.77. The molecule has 1 heterocycles. The van der Waals surface area contributed by atoms with E-state index in [0.717, 1.165) is 6.29 Å². The molecule has 1 unspecified atom stereocenters. The van der Waals surface area contributed by atoms with E-state index in [1.54, 1.807) is 22.9 Å². The normalized spacial score (nSPS) is 12.1. The van der Waals surface area contributed by atoms with Crippen LogP contribution in [0.5, 0.6) is 0 Å². The molecule has 1 rings (SSSR count). The van der Waals surface area contributed by atoms with Crippen LogP contribution in [0.2, 0.25) is 0 Å². The summed E-state index contributed by atoms with van der Waals surface area (Å²) >= 11 is 0. The Morgan fingerprint density at radius 3 is 2.93 bits per heavy atom. The van der Waals surface area contributed by atoms with E-state index in [2.05, 4.69) is 4.74 Å². The van der Waals surface area contributed by atoms with E-state index < -0.39 is 6.04 Å². The van der Waals surface area contributed by atoms with Crippen molar-refractivity contribution in [3.8, 4) is 0 Å². The zero-order valence-electron chi connectivity index (χ0n) is 8.27. The smallest absolute Gasteiger partial charge is 0.328 e. The lowest BCUT2D eigenvalue weighted by atomic mass is 10.2. The Morgan fingerprint density at radius 2 is 2.43 bits per heavy atom. The summed E-state index contributed by atoms with van der Waals surface area (Å²) in [7, 11) is 1.34. The monoisotopic (exact) mass is 195 g/mol. The second-order valence-corrected chi connectivity index (χ2v) is 2.91. The predicted molar refractivity (Wildman–Crippen MR) is 51.2 cm³/mol. The molecule has 1 atom stereocenters. The first-order chi connectivity index (χ1) is 6.74. The van der Waals surface area contributed by atoms with Gasteiger partial charge in [0, 0.05) is 6.20 Å². The minimum atomic E-state index is -0.407. The summed E-state index contributed by atoms with van der Waals surface area (Å²) in [5.41, 5.74) is 0.488. The first-order valence-electron chi connectivity index (χ1n) is 4.44. The van der Waals surface area contributed by atoms with Crippen molar-refractivity contribution in [1.82, 2.24) is 4.57 Å². The fourth-order valence-corrected chi connectivity index (χ4v) is 1.40. The van der Waals surface area contributed by atoms with Gasteiger partial charge in [-0.05, 0) is 18.6 Å². The second-order valence-electron chi connectivity index (χ2n) is 2.91. The summed E-state index contributed by atoms with van der Waals surface area (Å²) in [6.07, 6.45) is 3.03. The number of aldehydes is 1. The van der Waals surface area contributed by atoms with Crippen molar-refractivity contribution >= 4 is 12.3 Å². The molecule has 0 saturated carbocycles. The lowest BCUT2D eigenvalue weighted by molar-refractivity contribution is -0.144. The third-order valence-electron chi connectivity index (χ3n) is 2.13. The van der Waals surface area contributed by atoms with Crippen LogP contribution in [0.4, 0.5) is 0 Å². The Labute approximate surface area is 82.5 Å². The highest BCUT2D eigenvalue weighted by Gasteiger charge is 2.20. The van der Waals surface area contributed by atoms with Crippen molar-refractivity contribution < 1.29 is 14.3 Å². The van der Waals surface area contributed by atoms with Crippen molar-refractivity contribution in [3.05, 3.63) is 24.0 Å². The summed E-state index contributed by atoms with van der Waals surface area (Å²) in [5, 5.41) is 0. The van der Waals surface area contributed by atoms with Crippen LogP contribution >= 0.6 is 0 Å². The van der Waals surface area contributed by atoms with Crippen LogP contribution in [-0.4, -0.2) is 23.9 Å². The predicted octanol–water partition coefficient (Wildman–Crippen LogP) is 1.42. The van der Waals surface area contributed by atoms with Crippen LogP contribution in [0, 0.1) is 0 Å². The minimum absolute atomic E-state index is 0.327. The number of hydrogen-bond acceptors (Lipinski definition) is 3. The Hall–Kier alpha value is -1.58. The first-order valence-corrected chi connectivity index (χ1v) is 4.44. The van der Waals surface area contributed by atoms with Gasteiger partial charge in [0.2, 0.25) is 0 Å². The zero-order valence-corrected chi connectivity index (χ0v) is 8.27. The molecule has 0 fully saturated rings. The molecule has 1 aromatic heterocycles. The number of rotatable bonds is 4. The third kappa shape index (κ3) is 1.84. The molecule has 0 aliphatic carbocycles. The van der Waals surface area contributed by atoms with Crippen LogP contribution in [0.15, 0.2) is 18.3 Å². The van der Waals surface area contributed by atoms with Crippen molar-refractivity contribution in [2.24, 2.45) is 0 Å². The minimum Gasteiger partial charge on any atom is -0.467 e. The molecular weight excluding hydrogens is 182 g/mol. The van der Waals surface area contributed by atoms with Gasteiger partial charge in [-0.25, -0.2) is 4.79 Å². The van der Waals surface area contributed by atoms with Crippen molar-refractivity contribution in [3.63, 3.8) is 0 Å². The summed E-state index contributed by atoms with van der Waals surface area (Å²) in [6.45, 7) is 1.87. The number of carbonyl (C=O) groups excluding carboxylic acids is 2. The van der Waals surface area contributed by atoms with E-state index in [0.29, 0.717) is 12.1 Å². The van der Waals surface area contributed by atoms with E-state index in [-0.39, 0.29) is 5.97 Å². The van der Waals surface area contributed by atoms with E-state index in [4.69, 9.17) is 0 Å². The van der Waals surface area contributed by atoms with E-state index in [1.165, 1.54) is 7.11 Å². The maximum absolute atomic E-state index is 11.4. The average Bonchev–Trinajstić information content (AvgIpc) is 2.66. The van der Waals surface area contributed by atoms with Crippen molar-refractivity contribution in [2.75, 3.05) is 7.11 Å². The van der Waals surface area contributed by atoms with Gasteiger partial charge >= 0.3 is 5.97 Å². The van der Waals surface area contributed by atoms with Crippen LogP contribution in [0.1, 0.15) is 29.9 Å². The van der Waals surface area contributed by atoms with Gasteiger partial charge in [-0.1, -0.05) is 6.92 Å². The Balaban J connectivity index is 2.99. The van der Waals surface area contributed by atoms with Gasteiger partial charge in [0.05, 0.1) is 12.8 Å². The highest BCUT2D eigenvalue weighted by atomic mass is 16.5. The molecule has 0 N–H and O–H groups in total. The topological polar surface area (TPSA) is 48.3 Å². The van der Waals surface area contributed by atoms with Gasteiger partial charge in [0.15, 0.2) is 6.29 Å². The molecule has 4 heteroatoms. The first kappa shape index (κ1) is 10.5. The third-order valence-corrected chi connectivity index (χ3v) is 2.13.